The molecular formula is C27H29N7O3. The largest absolute Gasteiger partial charge is 0.491 e. The van der Waals surface area contributed by atoms with Crippen LogP contribution in [-0.4, -0.2) is 96.4 Å². The zero-order chi connectivity index (χ0) is 25.0. The van der Waals surface area contributed by atoms with Gasteiger partial charge in [-0.05, 0) is 18.2 Å². The second kappa shape index (κ2) is 8.71. The van der Waals surface area contributed by atoms with Gasteiger partial charge in [-0.25, -0.2) is 9.50 Å². The summed E-state index contributed by atoms with van der Waals surface area (Å²) in [6, 6.07) is 8.35. The summed E-state index contributed by atoms with van der Waals surface area (Å²) in [5, 5.41) is 14.1. The van der Waals surface area contributed by atoms with Crippen LogP contribution in [-0.2, 0) is 9.53 Å². The summed E-state index contributed by atoms with van der Waals surface area (Å²) in [4.78, 5) is 22.5. The second-order valence-corrected chi connectivity index (χ2v) is 11.0. The highest BCUT2D eigenvalue weighted by Gasteiger charge is 2.48. The second-order valence-electron chi connectivity index (χ2n) is 11.0. The van der Waals surface area contributed by atoms with Crippen LogP contribution in [0.15, 0.2) is 36.8 Å². The number of amides is 1. The van der Waals surface area contributed by atoms with Gasteiger partial charge in [0.15, 0.2) is 0 Å². The normalized spacial score (nSPS) is 24.1. The fourth-order valence-corrected chi connectivity index (χ4v) is 6.44. The fraction of sp³-hybridized carbons (Fsp3) is 0.481. The molecule has 10 heteroatoms. The first kappa shape index (κ1) is 22.5. The molecule has 3 aromatic rings. The van der Waals surface area contributed by atoms with Gasteiger partial charge in [0.1, 0.15) is 24.2 Å². The monoisotopic (exact) mass is 499 g/mol. The van der Waals surface area contributed by atoms with Crippen LogP contribution in [0.25, 0.3) is 16.6 Å². The molecule has 4 aliphatic rings. The first-order chi connectivity index (χ1) is 18.1. The number of nitrogens with zero attached hydrogens (tertiary/aromatic N) is 7. The third-order valence-electron chi connectivity index (χ3n) is 8.36. The minimum Gasteiger partial charge on any atom is -0.491 e. The zero-order valence-corrected chi connectivity index (χ0v) is 20.6. The van der Waals surface area contributed by atoms with Crippen molar-refractivity contribution >= 4 is 17.7 Å². The van der Waals surface area contributed by atoms with Crippen LogP contribution in [0.4, 0.5) is 5.82 Å². The van der Waals surface area contributed by atoms with Crippen LogP contribution in [0.1, 0.15) is 5.56 Å². The van der Waals surface area contributed by atoms with Gasteiger partial charge in [0, 0.05) is 80.4 Å². The minimum absolute atomic E-state index is 0.401. The Bertz CT molecular complexity index is 1360. The number of rotatable bonds is 7. The van der Waals surface area contributed by atoms with Gasteiger partial charge in [-0.1, -0.05) is 0 Å². The highest BCUT2D eigenvalue weighted by Crippen LogP contribution is 2.37. The summed E-state index contributed by atoms with van der Waals surface area (Å²) in [7, 11) is 0. The van der Waals surface area contributed by atoms with Gasteiger partial charge in [-0.15, -0.1) is 0 Å². The average molecular weight is 500 g/mol. The lowest BCUT2D eigenvalue weighted by atomic mass is 9.78. The predicted molar refractivity (Wildman–Crippen MR) is 135 cm³/mol. The Morgan fingerprint density at radius 1 is 1.16 bits per heavy atom. The zero-order valence-electron chi connectivity index (χ0n) is 20.6. The third kappa shape index (κ3) is 3.90. The number of likely N-dealkylation sites (tertiary alicyclic amines) is 2. The lowest BCUT2D eigenvalue weighted by Crippen LogP contribution is -2.66. The Labute approximate surface area is 215 Å². The molecule has 10 nitrogen and oxygen atoms in total. The highest BCUT2D eigenvalue weighted by atomic mass is 16.5. The maximum Gasteiger partial charge on any atom is 0.209 e. The SMILES string of the molecule is N#Cc1cnn2cc(OCCN3CC4(COC4)C3)cc(-c3ccc(N4CC5CN(C=O)CC5C4)nc3)c12. The van der Waals surface area contributed by atoms with Crippen molar-refractivity contribution in [1.29, 1.82) is 5.26 Å². The average Bonchev–Trinajstić information content (AvgIpc) is 3.57. The molecule has 0 aliphatic carbocycles. The van der Waals surface area contributed by atoms with Crippen LogP contribution >= 0.6 is 0 Å². The number of pyridine rings is 2. The summed E-state index contributed by atoms with van der Waals surface area (Å²) in [5.74, 6) is 2.67. The van der Waals surface area contributed by atoms with Crippen LogP contribution in [0.3, 0.4) is 0 Å². The smallest absolute Gasteiger partial charge is 0.209 e. The van der Waals surface area contributed by atoms with E-state index in [0.717, 1.165) is 87.9 Å². The molecule has 0 radical (unpaired) electrons. The summed E-state index contributed by atoms with van der Waals surface area (Å²) < 4.78 is 13.2. The maximum absolute atomic E-state index is 11.1. The first-order valence-corrected chi connectivity index (χ1v) is 12.9. The van der Waals surface area contributed by atoms with Gasteiger partial charge in [0.05, 0.1) is 36.7 Å². The Morgan fingerprint density at radius 3 is 2.62 bits per heavy atom. The molecule has 0 bridgehead atoms. The standard InChI is InChI=1S/C27H29N7O3/c28-6-20-8-30-34-13-23(37-4-3-31-14-27(15-31)16-36-17-27)5-24(26(20)34)19-1-2-25(29-7-19)33-11-21-9-32(18-35)10-22(21)12-33/h1-2,5,7-8,13,18,21-22H,3-4,9-12,14-17H2. The van der Waals surface area contributed by atoms with Gasteiger partial charge >= 0.3 is 0 Å². The van der Waals surface area contributed by atoms with Crippen molar-refractivity contribution in [2.75, 3.05) is 70.5 Å². The van der Waals surface area contributed by atoms with Crippen molar-refractivity contribution in [2.24, 2.45) is 17.3 Å². The highest BCUT2D eigenvalue weighted by molar-refractivity contribution is 5.85. The Balaban J connectivity index is 1.08. The molecule has 0 N–H and O–H groups in total. The molecular weight excluding hydrogens is 470 g/mol. The van der Waals surface area contributed by atoms with E-state index in [0.29, 0.717) is 35.2 Å². The Hall–Kier alpha value is -3.68. The van der Waals surface area contributed by atoms with Gasteiger partial charge in [-0.2, -0.15) is 10.4 Å². The third-order valence-corrected chi connectivity index (χ3v) is 8.36. The molecule has 1 spiro atoms. The topological polar surface area (TPSA) is 99.2 Å². The number of anilines is 1. The van der Waals surface area contributed by atoms with Crippen LogP contribution in [0.5, 0.6) is 5.75 Å². The quantitative estimate of drug-likeness (QED) is 0.451. The number of hydrogen-bond acceptors (Lipinski definition) is 8. The van der Waals surface area contributed by atoms with Crippen molar-refractivity contribution in [3.05, 3.63) is 42.4 Å². The molecule has 4 saturated heterocycles. The number of fused-ring (bicyclic) bond motifs is 2. The molecule has 1 amide bonds. The van der Waals surface area contributed by atoms with E-state index >= 15 is 0 Å². The van der Waals surface area contributed by atoms with E-state index < -0.39 is 0 Å². The minimum atomic E-state index is 0.401. The number of carbonyl (C=O) groups is 1. The summed E-state index contributed by atoms with van der Waals surface area (Å²) in [6.07, 6.45) is 6.26. The van der Waals surface area contributed by atoms with Crippen LogP contribution < -0.4 is 9.64 Å². The predicted octanol–water partition coefficient (Wildman–Crippen LogP) is 1.50. The van der Waals surface area contributed by atoms with Crippen molar-refractivity contribution in [3.8, 4) is 22.9 Å². The molecule has 0 saturated carbocycles. The van der Waals surface area contributed by atoms with E-state index in [4.69, 9.17) is 14.5 Å². The molecule has 7 rings (SSSR count). The van der Waals surface area contributed by atoms with Gasteiger partial charge in [-0.3, -0.25) is 9.69 Å². The summed E-state index contributed by atoms with van der Waals surface area (Å²) in [5.41, 5.74) is 3.46. The van der Waals surface area contributed by atoms with Crippen LogP contribution in [0.2, 0.25) is 0 Å². The lowest BCUT2D eigenvalue weighted by molar-refractivity contribution is -0.189. The van der Waals surface area contributed by atoms with Crippen molar-refractivity contribution in [3.63, 3.8) is 0 Å². The van der Waals surface area contributed by atoms with E-state index in [9.17, 15) is 10.1 Å². The molecule has 190 valence electrons. The van der Waals surface area contributed by atoms with E-state index in [1.54, 1.807) is 10.7 Å². The van der Waals surface area contributed by atoms with E-state index in [2.05, 4.69) is 27.0 Å². The lowest BCUT2D eigenvalue weighted by Gasteiger charge is -2.55. The summed E-state index contributed by atoms with van der Waals surface area (Å²) >= 11 is 0. The summed E-state index contributed by atoms with van der Waals surface area (Å²) in [6.45, 7) is 8.89. The molecule has 4 aliphatic heterocycles. The van der Waals surface area contributed by atoms with Gasteiger partial charge < -0.3 is 19.3 Å². The number of carbonyl (C=O) groups excluding carboxylic acids is 1. The first-order valence-electron chi connectivity index (χ1n) is 12.9. The Morgan fingerprint density at radius 2 is 1.97 bits per heavy atom. The van der Waals surface area contributed by atoms with E-state index in [1.807, 2.05) is 29.4 Å². The maximum atomic E-state index is 11.1. The molecule has 2 atom stereocenters. The van der Waals surface area contributed by atoms with Crippen molar-refractivity contribution < 1.29 is 14.3 Å². The van der Waals surface area contributed by atoms with Crippen LogP contribution in [0, 0.1) is 28.6 Å². The molecule has 0 aromatic carbocycles. The fourth-order valence-electron chi connectivity index (χ4n) is 6.44. The molecule has 4 fully saturated rings. The number of nitriles is 1. The van der Waals surface area contributed by atoms with Crippen molar-refractivity contribution in [2.45, 2.75) is 0 Å². The Kier molecular flexibility index (Phi) is 5.30. The van der Waals surface area contributed by atoms with E-state index in [1.165, 1.54) is 0 Å². The molecule has 37 heavy (non-hydrogen) atoms. The number of aromatic nitrogens is 3. The molecule has 3 aromatic heterocycles. The number of ether oxygens (including phenoxy) is 2. The van der Waals surface area contributed by atoms with Gasteiger partial charge in [0.25, 0.3) is 0 Å². The van der Waals surface area contributed by atoms with Gasteiger partial charge in [0.2, 0.25) is 6.41 Å². The van der Waals surface area contributed by atoms with Crippen molar-refractivity contribution in [1.82, 2.24) is 24.4 Å². The molecule has 7 heterocycles. The number of hydrogen-bond donors (Lipinski definition) is 0. The van der Waals surface area contributed by atoms with E-state index in [-0.39, 0.29) is 0 Å². The molecule has 2 unspecified atom stereocenters.